The van der Waals surface area contributed by atoms with Crippen LogP contribution in [-0.4, -0.2) is 31.7 Å². The van der Waals surface area contributed by atoms with Crippen molar-refractivity contribution in [2.75, 3.05) is 13.1 Å². The molecule has 0 aromatic heterocycles. The molecule has 19 heavy (non-hydrogen) atoms. The average Bonchev–Trinajstić information content (AvgIpc) is 2.55. The van der Waals surface area contributed by atoms with E-state index in [2.05, 4.69) is 0 Å². The minimum absolute atomic E-state index is 0.00160. The van der Waals surface area contributed by atoms with Crippen molar-refractivity contribution in [1.29, 1.82) is 0 Å². The first-order chi connectivity index (χ1) is 8.84. The summed E-state index contributed by atoms with van der Waals surface area (Å²) >= 11 is 5.58. The topological polar surface area (TPSA) is 63.7 Å². The maximum Gasteiger partial charge on any atom is 0.270 e. The van der Waals surface area contributed by atoms with Crippen LogP contribution in [-0.2, 0) is 10.0 Å². The van der Waals surface area contributed by atoms with E-state index in [0.717, 1.165) is 0 Å². The van der Waals surface area contributed by atoms with Gasteiger partial charge in [-0.3, -0.25) is 4.79 Å². The second kappa shape index (κ2) is 4.68. The van der Waals surface area contributed by atoms with E-state index in [9.17, 15) is 13.2 Å². The molecule has 0 spiro atoms. The zero-order chi connectivity index (χ0) is 14.4. The van der Waals surface area contributed by atoms with E-state index in [1.54, 1.807) is 6.07 Å². The van der Waals surface area contributed by atoms with E-state index in [1.165, 1.54) is 13.2 Å². The fourth-order valence-electron chi connectivity index (χ4n) is 2.09. The van der Waals surface area contributed by atoms with Crippen LogP contribution in [0.5, 0.6) is 5.75 Å². The number of sulfonamides is 1. The van der Waals surface area contributed by atoms with Gasteiger partial charge in [0.1, 0.15) is 16.6 Å². The molecular formula is C12H14ClNO4S. The van der Waals surface area contributed by atoms with Crippen molar-refractivity contribution < 1.29 is 17.9 Å². The molecule has 0 N–H and O–H groups in total. The number of hydrogen-bond donors (Lipinski definition) is 0. The SMILES string of the molecule is COc1cc(C(C)C)c2c(c1)S(=O)(=O)N(CCl)[14C]2=O. The highest BCUT2D eigenvalue weighted by atomic mass is 35.5. The number of hydrogen-bond acceptors (Lipinski definition) is 4. The van der Waals surface area contributed by atoms with Gasteiger partial charge in [0.2, 0.25) is 0 Å². The third-order valence-corrected chi connectivity index (χ3v) is 5.21. The predicted molar refractivity (Wildman–Crippen MR) is 71.2 cm³/mol. The summed E-state index contributed by atoms with van der Waals surface area (Å²) in [7, 11) is -2.41. The molecule has 7 heteroatoms. The second-order valence-corrected chi connectivity index (χ2v) is 6.59. The van der Waals surface area contributed by atoms with Gasteiger partial charge in [-0.05, 0) is 17.5 Å². The number of benzene rings is 1. The Labute approximate surface area is 117 Å². The predicted octanol–water partition coefficient (Wildman–Crippen LogP) is 2.16. The molecule has 1 aromatic carbocycles. The third-order valence-electron chi connectivity index (χ3n) is 3.08. The number of ether oxygens (including phenoxy) is 1. The van der Waals surface area contributed by atoms with Crippen LogP contribution >= 0.6 is 11.6 Å². The van der Waals surface area contributed by atoms with Gasteiger partial charge in [0.15, 0.2) is 0 Å². The summed E-state index contributed by atoms with van der Waals surface area (Å²) in [5, 5.41) is 0. The molecular weight excluding hydrogens is 292 g/mol. The zero-order valence-electron chi connectivity index (χ0n) is 10.8. The van der Waals surface area contributed by atoms with Crippen LogP contribution in [0.3, 0.4) is 0 Å². The molecule has 5 nitrogen and oxygen atoms in total. The highest BCUT2D eigenvalue weighted by molar-refractivity contribution is 7.90. The van der Waals surface area contributed by atoms with Crippen molar-refractivity contribution in [3.8, 4) is 5.75 Å². The second-order valence-electron chi connectivity index (χ2n) is 4.52. The van der Waals surface area contributed by atoms with Gasteiger partial charge >= 0.3 is 0 Å². The first-order valence-electron chi connectivity index (χ1n) is 5.69. The molecule has 0 atom stereocenters. The van der Waals surface area contributed by atoms with Crippen molar-refractivity contribution in [2.24, 2.45) is 0 Å². The Hall–Kier alpha value is -1.27. The Morgan fingerprint density at radius 1 is 1.42 bits per heavy atom. The fourth-order valence-corrected chi connectivity index (χ4v) is 3.99. The Balaban J connectivity index is 2.81. The number of amides is 1. The number of carbonyl (C=O) groups excluding carboxylic acids is 1. The molecule has 0 aliphatic carbocycles. The molecule has 0 saturated carbocycles. The summed E-state index contributed by atoms with van der Waals surface area (Å²) in [6.45, 7) is 3.77. The van der Waals surface area contributed by atoms with Gasteiger partial charge in [-0.15, -0.1) is 11.6 Å². The minimum atomic E-state index is -3.86. The van der Waals surface area contributed by atoms with E-state index in [-0.39, 0.29) is 16.4 Å². The first-order valence-corrected chi connectivity index (χ1v) is 7.67. The summed E-state index contributed by atoms with van der Waals surface area (Å²) in [4.78, 5) is 12.2. The van der Waals surface area contributed by atoms with Crippen molar-refractivity contribution in [3.05, 3.63) is 23.3 Å². The molecule has 1 aliphatic heterocycles. The number of methoxy groups -OCH3 is 1. The molecule has 1 heterocycles. The van der Waals surface area contributed by atoms with Crippen molar-refractivity contribution in [1.82, 2.24) is 4.31 Å². The Morgan fingerprint density at radius 3 is 2.53 bits per heavy atom. The molecule has 0 saturated heterocycles. The number of carbonyl (C=O) groups is 1. The third kappa shape index (κ3) is 1.99. The monoisotopic (exact) mass is 305 g/mol. The molecule has 0 unspecified atom stereocenters. The van der Waals surface area contributed by atoms with Crippen LogP contribution in [0.15, 0.2) is 17.0 Å². The largest absolute Gasteiger partial charge is 0.497 e. The standard InChI is InChI=1S/C12H14ClNO4S/c1-7(2)9-4-8(18-3)5-10-11(9)12(15)14(6-13)19(10,16)17/h4-5,7H,6H2,1-3H3/i12+2. The maximum atomic E-state index is 12.2. The Bertz CT molecular complexity index is 639. The minimum Gasteiger partial charge on any atom is -0.497 e. The average molecular weight is 306 g/mol. The smallest absolute Gasteiger partial charge is 0.270 e. The number of alkyl halides is 1. The quantitative estimate of drug-likeness (QED) is 0.634. The normalized spacial score (nSPS) is 16.9. The summed E-state index contributed by atoms with van der Waals surface area (Å²) in [5.74, 6) is -0.162. The van der Waals surface area contributed by atoms with Crippen molar-refractivity contribution >= 4 is 27.5 Å². The summed E-state index contributed by atoms with van der Waals surface area (Å²) in [6, 6.07) is 2.66. The Morgan fingerprint density at radius 2 is 2.05 bits per heavy atom. The highest BCUT2D eigenvalue weighted by Gasteiger charge is 2.43. The van der Waals surface area contributed by atoms with Crippen LogP contribution < -0.4 is 4.74 Å². The van der Waals surface area contributed by atoms with Gasteiger partial charge < -0.3 is 4.74 Å². The number of nitrogens with zero attached hydrogens (tertiary/aromatic N) is 1. The lowest BCUT2D eigenvalue weighted by Gasteiger charge is -2.11. The van der Waals surface area contributed by atoms with Gasteiger partial charge in [-0.1, -0.05) is 13.8 Å². The zero-order valence-corrected chi connectivity index (χ0v) is 12.4. The van der Waals surface area contributed by atoms with Gasteiger partial charge in [0.05, 0.1) is 12.7 Å². The van der Waals surface area contributed by atoms with Crippen LogP contribution in [0.2, 0.25) is 0 Å². The number of fused-ring (bicyclic) bond motifs is 1. The lowest BCUT2D eigenvalue weighted by atomic mass is 10.0. The molecule has 1 aliphatic rings. The summed E-state index contributed by atoms with van der Waals surface area (Å²) in [6.07, 6.45) is 0. The van der Waals surface area contributed by atoms with Gasteiger partial charge in [0, 0.05) is 6.07 Å². The lowest BCUT2D eigenvalue weighted by molar-refractivity contribution is 0.0884. The maximum absolute atomic E-state index is 12.2. The van der Waals surface area contributed by atoms with Crippen molar-refractivity contribution in [2.45, 2.75) is 24.7 Å². The van der Waals surface area contributed by atoms with Crippen molar-refractivity contribution in [3.63, 3.8) is 0 Å². The summed E-state index contributed by atoms with van der Waals surface area (Å²) < 4.78 is 30.2. The Kier molecular flexibility index (Phi) is 3.49. The fraction of sp³-hybridized carbons (Fsp3) is 0.417. The molecule has 0 bridgehead atoms. The van der Waals surface area contributed by atoms with E-state index in [1.807, 2.05) is 13.8 Å². The summed E-state index contributed by atoms with van der Waals surface area (Å²) in [5.41, 5.74) is 0.854. The molecule has 1 aromatic rings. The highest BCUT2D eigenvalue weighted by Crippen LogP contribution is 2.38. The van der Waals surface area contributed by atoms with Crippen LogP contribution in [0.1, 0.15) is 35.7 Å². The van der Waals surface area contributed by atoms with E-state index in [4.69, 9.17) is 16.3 Å². The van der Waals surface area contributed by atoms with E-state index in [0.29, 0.717) is 15.6 Å². The lowest BCUT2D eigenvalue weighted by Crippen LogP contribution is -2.28. The van der Waals surface area contributed by atoms with Gasteiger partial charge in [-0.2, -0.15) is 0 Å². The van der Waals surface area contributed by atoms with Crippen LogP contribution in [0.4, 0.5) is 0 Å². The van der Waals surface area contributed by atoms with Gasteiger partial charge in [0.25, 0.3) is 15.9 Å². The number of halogens is 1. The molecule has 0 radical (unpaired) electrons. The molecule has 104 valence electrons. The molecule has 1 amide bonds. The van der Waals surface area contributed by atoms with E-state index >= 15 is 0 Å². The first kappa shape index (κ1) is 14.1. The molecule has 0 fully saturated rings. The van der Waals surface area contributed by atoms with Crippen LogP contribution in [0, 0.1) is 0 Å². The number of rotatable bonds is 3. The molecule has 2 rings (SSSR count). The van der Waals surface area contributed by atoms with E-state index < -0.39 is 21.9 Å². The van der Waals surface area contributed by atoms with Crippen LogP contribution in [0.25, 0.3) is 0 Å². The van der Waals surface area contributed by atoms with Gasteiger partial charge in [-0.25, -0.2) is 12.7 Å².